The van der Waals surface area contributed by atoms with Gasteiger partial charge in [0.1, 0.15) is 6.17 Å². The third-order valence-electron chi connectivity index (χ3n) is 2.17. The predicted octanol–water partition coefficient (Wildman–Crippen LogP) is 3.89. The largest absolute Gasteiger partial charge is 0.493 e. The van der Waals surface area contributed by atoms with E-state index in [4.69, 9.17) is 9.47 Å². The van der Waals surface area contributed by atoms with E-state index >= 15 is 0 Å². The van der Waals surface area contributed by atoms with Crippen LogP contribution in [0, 0.1) is 0 Å². The minimum atomic E-state index is -1.04. The van der Waals surface area contributed by atoms with E-state index in [9.17, 15) is 4.39 Å². The molecule has 0 heterocycles. The Morgan fingerprint density at radius 2 is 2.00 bits per heavy atom. The molecule has 0 amide bonds. The molecule has 15 heavy (non-hydrogen) atoms. The van der Waals surface area contributed by atoms with Gasteiger partial charge < -0.3 is 9.47 Å². The molecular weight excluding hydrogens is 263 g/mol. The summed E-state index contributed by atoms with van der Waals surface area (Å²) in [6.07, 6.45) is -0.623. The molecule has 0 saturated carbocycles. The topological polar surface area (TPSA) is 18.5 Å². The summed E-state index contributed by atoms with van der Waals surface area (Å²) in [5, 5.41) is 0. The zero-order valence-corrected chi connectivity index (χ0v) is 10.6. The lowest BCUT2D eigenvalue weighted by Gasteiger charge is -2.15. The third-order valence-corrected chi connectivity index (χ3v) is 2.63. The minimum absolute atomic E-state index is 0.413. The maximum absolute atomic E-state index is 13.7. The van der Waals surface area contributed by atoms with Crippen molar-refractivity contribution in [1.82, 2.24) is 0 Å². The fourth-order valence-electron chi connectivity index (χ4n) is 1.41. The van der Waals surface area contributed by atoms with Crippen molar-refractivity contribution in [2.45, 2.75) is 19.5 Å². The zero-order chi connectivity index (χ0) is 11.4. The molecule has 0 aliphatic rings. The predicted molar refractivity (Wildman–Crippen MR) is 61.4 cm³/mol. The molecule has 1 aromatic rings. The van der Waals surface area contributed by atoms with Gasteiger partial charge in [-0.25, -0.2) is 4.39 Å². The molecule has 0 aromatic heterocycles. The first-order chi connectivity index (χ1) is 7.13. The fourth-order valence-corrected chi connectivity index (χ4v) is 1.87. The summed E-state index contributed by atoms with van der Waals surface area (Å²) < 4.78 is 24.7. The molecule has 0 N–H and O–H groups in total. The standard InChI is InChI=1S/C11H14BrFO2/c1-4-9(13)8-5-7(12)6-10(14-2)11(8)15-3/h5-6,9H,4H2,1-3H3. The quantitative estimate of drug-likeness (QED) is 0.831. The molecule has 1 unspecified atom stereocenters. The van der Waals surface area contributed by atoms with Gasteiger partial charge in [-0.1, -0.05) is 22.9 Å². The van der Waals surface area contributed by atoms with Gasteiger partial charge in [-0.05, 0) is 18.6 Å². The molecule has 0 bridgehead atoms. The summed E-state index contributed by atoms with van der Waals surface area (Å²) in [6.45, 7) is 1.79. The first-order valence-corrected chi connectivity index (χ1v) is 5.48. The van der Waals surface area contributed by atoms with Gasteiger partial charge in [0.2, 0.25) is 0 Å². The maximum atomic E-state index is 13.7. The average Bonchev–Trinajstić information content (AvgIpc) is 2.26. The maximum Gasteiger partial charge on any atom is 0.166 e. The number of halogens is 2. The van der Waals surface area contributed by atoms with Crippen LogP contribution in [0.25, 0.3) is 0 Å². The number of hydrogen-bond donors (Lipinski definition) is 0. The van der Waals surface area contributed by atoms with Gasteiger partial charge in [-0.3, -0.25) is 0 Å². The summed E-state index contributed by atoms with van der Waals surface area (Å²) >= 11 is 3.31. The van der Waals surface area contributed by atoms with E-state index in [2.05, 4.69) is 15.9 Å². The molecule has 0 radical (unpaired) electrons. The van der Waals surface area contributed by atoms with E-state index in [0.717, 1.165) is 4.47 Å². The lowest BCUT2D eigenvalue weighted by molar-refractivity contribution is 0.304. The molecular formula is C11H14BrFO2. The van der Waals surface area contributed by atoms with Crippen LogP contribution < -0.4 is 9.47 Å². The van der Waals surface area contributed by atoms with Gasteiger partial charge >= 0.3 is 0 Å². The van der Waals surface area contributed by atoms with Crippen LogP contribution >= 0.6 is 15.9 Å². The Kier molecular flexibility index (Phi) is 4.39. The van der Waals surface area contributed by atoms with E-state index in [1.165, 1.54) is 14.2 Å². The van der Waals surface area contributed by atoms with Crippen LogP contribution in [-0.4, -0.2) is 14.2 Å². The molecule has 0 aliphatic heterocycles. The van der Waals surface area contributed by atoms with Crippen molar-refractivity contribution in [3.8, 4) is 11.5 Å². The van der Waals surface area contributed by atoms with Crippen LogP contribution in [0.5, 0.6) is 11.5 Å². The van der Waals surface area contributed by atoms with Crippen molar-refractivity contribution < 1.29 is 13.9 Å². The van der Waals surface area contributed by atoms with Gasteiger partial charge in [0.25, 0.3) is 0 Å². The number of benzene rings is 1. The number of rotatable bonds is 4. The Labute approximate surface area is 97.5 Å². The lowest BCUT2D eigenvalue weighted by Crippen LogP contribution is -1.98. The number of alkyl halides is 1. The highest BCUT2D eigenvalue weighted by Gasteiger charge is 2.18. The molecule has 1 atom stereocenters. The summed E-state index contributed by atoms with van der Waals surface area (Å²) in [6, 6.07) is 3.47. The minimum Gasteiger partial charge on any atom is -0.493 e. The molecule has 0 saturated heterocycles. The zero-order valence-electron chi connectivity index (χ0n) is 9.01. The average molecular weight is 277 g/mol. The van der Waals surface area contributed by atoms with Crippen molar-refractivity contribution in [3.05, 3.63) is 22.2 Å². The highest BCUT2D eigenvalue weighted by Crippen LogP contribution is 2.39. The van der Waals surface area contributed by atoms with Gasteiger partial charge in [0, 0.05) is 10.0 Å². The van der Waals surface area contributed by atoms with Crippen LogP contribution in [0.4, 0.5) is 4.39 Å². The van der Waals surface area contributed by atoms with Gasteiger partial charge in [-0.15, -0.1) is 0 Å². The normalized spacial score (nSPS) is 12.3. The summed E-state index contributed by atoms with van der Waals surface area (Å²) in [4.78, 5) is 0. The molecule has 0 fully saturated rings. The van der Waals surface area contributed by atoms with Crippen LogP contribution in [0.3, 0.4) is 0 Å². The van der Waals surface area contributed by atoms with Crippen molar-refractivity contribution in [2.75, 3.05) is 14.2 Å². The second-order valence-corrected chi connectivity index (χ2v) is 4.02. The second-order valence-electron chi connectivity index (χ2n) is 3.11. The molecule has 1 rings (SSSR count). The van der Waals surface area contributed by atoms with E-state index in [-0.39, 0.29) is 0 Å². The first-order valence-electron chi connectivity index (χ1n) is 4.69. The monoisotopic (exact) mass is 276 g/mol. The SMILES string of the molecule is CCC(F)c1cc(Br)cc(OC)c1OC. The fraction of sp³-hybridized carbons (Fsp3) is 0.455. The van der Waals surface area contributed by atoms with Crippen LogP contribution in [0.1, 0.15) is 25.1 Å². The van der Waals surface area contributed by atoms with E-state index in [1.807, 2.05) is 0 Å². The summed E-state index contributed by atoms with van der Waals surface area (Å²) in [7, 11) is 3.05. The Morgan fingerprint density at radius 3 is 2.47 bits per heavy atom. The van der Waals surface area contributed by atoms with E-state index in [0.29, 0.717) is 23.5 Å². The van der Waals surface area contributed by atoms with Crippen molar-refractivity contribution >= 4 is 15.9 Å². The summed E-state index contributed by atoms with van der Waals surface area (Å²) in [5.74, 6) is 1.01. The van der Waals surface area contributed by atoms with Crippen LogP contribution in [0.2, 0.25) is 0 Å². The first kappa shape index (κ1) is 12.3. The lowest BCUT2D eigenvalue weighted by atomic mass is 10.1. The van der Waals surface area contributed by atoms with Gasteiger partial charge in [0.05, 0.1) is 14.2 Å². The van der Waals surface area contributed by atoms with E-state index in [1.54, 1.807) is 19.1 Å². The Bertz CT molecular complexity index is 342. The molecule has 1 aromatic carbocycles. The second kappa shape index (κ2) is 5.35. The highest BCUT2D eigenvalue weighted by molar-refractivity contribution is 9.10. The van der Waals surface area contributed by atoms with Gasteiger partial charge in [0.15, 0.2) is 11.5 Å². The number of hydrogen-bond acceptors (Lipinski definition) is 2. The molecule has 2 nitrogen and oxygen atoms in total. The van der Waals surface area contributed by atoms with Crippen molar-refractivity contribution in [1.29, 1.82) is 0 Å². The number of methoxy groups -OCH3 is 2. The molecule has 0 spiro atoms. The molecule has 0 aliphatic carbocycles. The molecule has 84 valence electrons. The Hall–Kier alpha value is -0.770. The Balaban J connectivity index is 3.28. The number of ether oxygens (including phenoxy) is 2. The van der Waals surface area contributed by atoms with Crippen molar-refractivity contribution in [2.24, 2.45) is 0 Å². The molecule has 4 heteroatoms. The third kappa shape index (κ3) is 2.62. The van der Waals surface area contributed by atoms with Crippen molar-refractivity contribution in [3.63, 3.8) is 0 Å². The van der Waals surface area contributed by atoms with Crippen LogP contribution in [0.15, 0.2) is 16.6 Å². The van der Waals surface area contributed by atoms with E-state index < -0.39 is 6.17 Å². The Morgan fingerprint density at radius 1 is 1.33 bits per heavy atom. The van der Waals surface area contributed by atoms with Gasteiger partial charge in [-0.2, -0.15) is 0 Å². The smallest absolute Gasteiger partial charge is 0.166 e. The van der Waals surface area contributed by atoms with Crippen LogP contribution in [-0.2, 0) is 0 Å². The summed E-state index contributed by atoms with van der Waals surface area (Å²) in [5.41, 5.74) is 0.520. The highest BCUT2D eigenvalue weighted by atomic mass is 79.9.